The molecule has 0 saturated heterocycles. The summed E-state index contributed by atoms with van der Waals surface area (Å²) in [6, 6.07) is 9.44. The molecule has 2 aromatic carbocycles. The molecule has 0 saturated carbocycles. The Morgan fingerprint density at radius 3 is 2.73 bits per heavy atom. The predicted octanol–water partition coefficient (Wildman–Crippen LogP) is 2.94. The molecule has 0 aromatic heterocycles. The van der Waals surface area contributed by atoms with Crippen molar-refractivity contribution in [2.75, 3.05) is 27.4 Å². The van der Waals surface area contributed by atoms with Crippen molar-refractivity contribution in [1.29, 1.82) is 0 Å². The van der Waals surface area contributed by atoms with Crippen LogP contribution in [0.25, 0.3) is 0 Å². The van der Waals surface area contributed by atoms with Crippen molar-refractivity contribution >= 4 is 5.96 Å². The maximum absolute atomic E-state index is 13.7. The minimum absolute atomic E-state index is 0.248. The monoisotopic (exact) mass is 361 g/mol. The number of nitrogens with one attached hydrogen (secondary N) is 1. The van der Waals surface area contributed by atoms with E-state index in [9.17, 15) is 8.78 Å². The number of nitrogens with zero attached hydrogens (tertiary/aromatic N) is 2. The van der Waals surface area contributed by atoms with Gasteiger partial charge in [0.25, 0.3) is 0 Å². The molecular weight excluding hydrogens is 340 g/mol. The first-order valence-corrected chi connectivity index (χ1v) is 8.31. The molecule has 1 aliphatic rings. The Labute approximate surface area is 151 Å². The van der Waals surface area contributed by atoms with Crippen LogP contribution in [-0.2, 0) is 13.0 Å². The van der Waals surface area contributed by atoms with Gasteiger partial charge in [-0.25, -0.2) is 8.78 Å². The molecule has 1 aliphatic heterocycles. The highest BCUT2D eigenvalue weighted by atomic mass is 19.1. The van der Waals surface area contributed by atoms with Crippen molar-refractivity contribution in [3.05, 3.63) is 59.2 Å². The fourth-order valence-corrected chi connectivity index (χ4v) is 2.81. The van der Waals surface area contributed by atoms with Crippen molar-refractivity contribution in [2.45, 2.75) is 13.0 Å². The maximum atomic E-state index is 13.7. The zero-order valence-corrected chi connectivity index (χ0v) is 14.8. The van der Waals surface area contributed by atoms with Gasteiger partial charge in [0.15, 0.2) is 17.5 Å². The lowest BCUT2D eigenvalue weighted by Gasteiger charge is -2.22. The van der Waals surface area contributed by atoms with E-state index in [0.29, 0.717) is 31.0 Å². The van der Waals surface area contributed by atoms with Gasteiger partial charge in [-0.15, -0.1) is 0 Å². The molecule has 3 rings (SSSR count). The van der Waals surface area contributed by atoms with Crippen molar-refractivity contribution in [3.8, 4) is 11.5 Å². The summed E-state index contributed by atoms with van der Waals surface area (Å²) < 4.78 is 37.3. The molecule has 0 spiro atoms. The van der Waals surface area contributed by atoms with E-state index in [2.05, 4.69) is 10.3 Å². The molecule has 1 N–H and O–H groups in total. The van der Waals surface area contributed by atoms with Gasteiger partial charge in [0.05, 0.1) is 0 Å². The predicted molar refractivity (Wildman–Crippen MR) is 95.5 cm³/mol. The van der Waals surface area contributed by atoms with E-state index in [0.717, 1.165) is 23.1 Å². The Kier molecular flexibility index (Phi) is 5.55. The number of hydrogen-bond donors (Lipinski definition) is 1. The summed E-state index contributed by atoms with van der Waals surface area (Å²) in [5, 5.41) is 3.19. The van der Waals surface area contributed by atoms with Crippen LogP contribution in [0, 0.1) is 11.6 Å². The quantitative estimate of drug-likeness (QED) is 0.657. The van der Waals surface area contributed by atoms with Crippen molar-refractivity contribution < 1.29 is 18.3 Å². The lowest BCUT2D eigenvalue weighted by atomic mass is 10.1. The van der Waals surface area contributed by atoms with Crippen molar-refractivity contribution in [1.82, 2.24) is 10.2 Å². The lowest BCUT2D eigenvalue weighted by Crippen LogP contribution is -2.39. The normalized spacial score (nSPS) is 13.0. The van der Waals surface area contributed by atoms with Gasteiger partial charge < -0.3 is 19.7 Å². The molecular formula is C19H21F2N3O2. The molecule has 138 valence electrons. The third-order valence-electron chi connectivity index (χ3n) is 4.12. The highest BCUT2D eigenvalue weighted by molar-refractivity contribution is 5.79. The van der Waals surface area contributed by atoms with Crippen LogP contribution in [0.2, 0.25) is 0 Å². The summed E-state index contributed by atoms with van der Waals surface area (Å²) >= 11 is 0. The molecule has 7 heteroatoms. The first-order valence-electron chi connectivity index (χ1n) is 8.31. The zero-order chi connectivity index (χ0) is 18.5. The maximum Gasteiger partial charge on any atom is 0.231 e. The second-order valence-electron chi connectivity index (χ2n) is 6.00. The van der Waals surface area contributed by atoms with Crippen LogP contribution in [0.15, 0.2) is 41.4 Å². The van der Waals surface area contributed by atoms with Gasteiger partial charge in [-0.05, 0) is 35.7 Å². The molecule has 0 fully saturated rings. The summed E-state index contributed by atoms with van der Waals surface area (Å²) in [6.45, 7) is 1.36. The van der Waals surface area contributed by atoms with Crippen LogP contribution in [0.5, 0.6) is 11.5 Å². The average molecular weight is 361 g/mol. The molecule has 0 bridgehead atoms. The van der Waals surface area contributed by atoms with Crippen LogP contribution >= 0.6 is 0 Å². The summed E-state index contributed by atoms with van der Waals surface area (Å²) in [5.41, 5.74) is 1.53. The van der Waals surface area contributed by atoms with Gasteiger partial charge in [-0.1, -0.05) is 12.1 Å². The van der Waals surface area contributed by atoms with E-state index in [4.69, 9.17) is 9.47 Å². The SMILES string of the molecule is CN=C(NCCc1ccc(F)cc1F)N(C)Cc1ccc2c(c1)OCO2. The summed E-state index contributed by atoms with van der Waals surface area (Å²) in [5.74, 6) is 1.07. The Balaban J connectivity index is 1.54. The number of halogens is 2. The Hall–Kier alpha value is -2.83. The average Bonchev–Trinajstić information content (AvgIpc) is 3.08. The minimum Gasteiger partial charge on any atom is -0.454 e. The van der Waals surface area contributed by atoms with E-state index in [1.165, 1.54) is 12.1 Å². The molecule has 2 aromatic rings. The molecule has 0 unspecified atom stereocenters. The number of hydrogen-bond acceptors (Lipinski definition) is 3. The van der Waals surface area contributed by atoms with Crippen molar-refractivity contribution in [2.24, 2.45) is 4.99 Å². The molecule has 0 atom stereocenters. The van der Waals surface area contributed by atoms with E-state index in [-0.39, 0.29) is 6.79 Å². The highest BCUT2D eigenvalue weighted by Gasteiger charge is 2.14. The molecule has 0 aliphatic carbocycles. The molecule has 5 nitrogen and oxygen atoms in total. The summed E-state index contributed by atoms with van der Waals surface area (Å²) in [4.78, 5) is 6.20. The van der Waals surface area contributed by atoms with Gasteiger partial charge in [0.2, 0.25) is 6.79 Å². The first kappa shape index (κ1) is 18.0. The standard InChI is InChI=1S/C19H21F2N3O2/c1-22-19(23-8-7-14-4-5-15(20)10-16(14)21)24(2)11-13-3-6-17-18(9-13)26-12-25-17/h3-6,9-10H,7-8,11-12H2,1-2H3,(H,22,23). The molecule has 0 radical (unpaired) electrons. The minimum atomic E-state index is -0.571. The van der Waals surface area contributed by atoms with E-state index in [1.807, 2.05) is 30.1 Å². The molecule has 0 amide bonds. The topological polar surface area (TPSA) is 46.1 Å². The van der Waals surface area contributed by atoms with Crippen LogP contribution in [-0.4, -0.2) is 38.3 Å². The fourth-order valence-electron chi connectivity index (χ4n) is 2.81. The van der Waals surface area contributed by atoms with Gasteiger partial charge in [0, 0.05) is 33.3 Å². The number of benzene rings is 2. The largest absolute Gasteiger partial charge is 0.454 e. The number of guanidine groups is 1. The van der Waals surface area contributed by atoms with Crippen LogP contribution in [0.3, 0.4) is 0 Å². The van der Waals surface area contributed by atoms with Crippen molar-refractivity contribution in [3.63, 3.8) is 0 Å². The smallest absolute Gasteiger partial charge is 0.231 e. The van der Waals surface area contributed by atoms with Gasteiger partial charge >= 0.3 is 0 Å². The Morgan fingerprint density at radius 1 is 1.15 bits per heavy atom. The van der Waals surface area contributed by atoms with Crippen LogP contribution in [0.1, 0.15) is 11.1 Å². The number of rotatable bonds is 5. The first-order chi connectivity index (χ1) is 12.6. The highest BCUT2D eigenvalue weighted by Crippen LogP contribution is 2.32. The molecule has 1 heterocycles. The second kappa shape index (κ2) is 8.03. The van der Waals surface area contributed by atoms with Crippen LogP contribution < -0.4 is 14.8 Å². The fraction of sp³-hybridized carbons (Fsp3) is 0.316. The molecule has 26 heavy (non-hydrogen) atoms. The number of aliphatic imine (C=N–C) groups is 1. The van der Waals surface area contributed by atoms with Gasteiger partial charge in [-0.3, -0.25) is 4.99 Å². The van der Waals surface area contributed by atoms with E-state index in [1.54, 1.807) is 7.05 Å². The summed E-state index contributed by atoms with van der Waals surface area (Å²) in [7, 11) is 3.61. The van der Waals surface area contributed by atoms with Crippen LogP contribution in [0.4, 0.5) is 8.78 Å². The lowest BCUT2D eigenvalue weighted by molar-refractivity contribution is 0.174. The van der Waals surface area contributed by atoms with Gasteiger partial charge in [-0.2, -0.15) is 0 Å². The Bertz CT molecular complexity index is 811. The van der Waals surface area contributed by atoms with Gasteiger partial charge in [0.1, 0.15) is 11.6 Å². The Morgan fingerprint density at radius 2 is 1.96 bits per heavy atom. The third kappa shape index (κ3) is 4.22. The number of ether oxygens (including phenoxy) is 2. The van der Waals surface area contributed by atoms with E-state index >= 15 is 0 Å². The number of fused-ring (bicyclic) bond motifs is 1. The zero-order valence-electron chi connectivity index (χ0n) is 14.8. The van der Waals surface area contributed by atoms with E-state index < -0.39 is 11.6 Å². The third-order valence-corrected chi connectivity index (χ3v) is 4.12. The summed E-state index contributed by atoms with van der Waals surface area (Å²) in [6.07, 6.45) is 0.434. The second-order valence-corrected chi connectivity index (χ2v) is 6.00.